The molecule has 0 N–H and O–H groups in total. The predicted molar refractivity (Wildman–Crippen MR) is 147 cm³/mol. The van der Waals surface area contributed by atoms with Gasteiger partial charge >= 0.3 is 0 Å². The number of pyridine rings is 1. The Bertz CT molecular complexity index is 1550. The maximum Gasteiger partial charge on any atom is 0.161 e. The summed E-state index contributed by atoms with van der Waals surface area (Å²) in [4.78, 5) is 14.0. The standard InChI is InChI=1S/C28H26ClN5O2S/c1-35-22-9-8-19(12-23(22)36-2)25-26-20-10-11-33(13-18-6-4-3-5-7-18)15-24(20)37-28(26)32-21(27(25)29)14-34-17-30-16-31-34/h3-9,12,16-17H,10-11,13-15H2,1-2H3. The highest BCUT2D eigenvalue weighted by Gasteiger charge is 2.27. The highest BCUT2D eigenvalue weighted by molar-refractivity contribution is 7.19. The van der Waals surface area contributed by atoms with Crippen LogP contribution in [0.25, 0.3) is 21.3 Å². The van der Waals surface area contributed by atoms with Crippen molar-refractivity contribution < 1.29 is 9.47 Å². The summed E-state index contributed by atoms with van der Waals surface area (Å²) >= 11 is 8.91. The molecule has 3 aromatic heterocycles. The smallest absolute Gasteiger partial charge is 0.161 e. The maximum absolute atomic E-state index is 7.14. The van der Waals surface area contributed by atoms with Crippen molar-refractivity contribution in [3.63, 3.8) is 0 Å². The third kappa shape index (κ3) is 4.56. The van der Waals surface area contributed by atoms with Crippen molar-refractivity contribution >= 4 is 33.2 Å². The quantitative estimate of drug-likeness (QED) is 0.263. The molecule has 2 aromatic carbocycles. The molecule has 4 heterocycles. The number of methoxy groups -OCH3 is 2. The number of hydrogen-bond donors (Lipinski definition) is 0. The van der Waals surface area contributed by atoms with Crippen molar-refractivity contribution in [2.24, 2.45) is 0 Å². The van der Waals surface area contributed by atoms with E-state index in [4.69, 9.17) is 26.1 Å². The minimum absolute atomic E-state index is 0.442. The number of hydrogen-bond acceptors (Lipinski definition) is 7. The predicted octanol–water partition coefficient (Wildman–Crippen LogP) is 5.83. The third-order valence-electron chi connectivity index (χ3n) is 6.78. The summed E-state index contributed by atoms with van der Waals surface area (Å²) in [7, 11) is 3.29. The molecule has 0 saturated carbocycles. The minimum Gasteiger partial charge on any atom is -0.493 e. The summed E-state index contributed by atoms with van der Waals surface area (Å²) in [6, 6.07) is 16.6. The van der Waals surface area contributed by atoms with Crippen molar-refractivity contribution in [3.8, 4) is 22.6 Å². The topological polar surface area (TPSA) is 65.3 Å². The van der Waals surface area contributed by atoms with Crippen LogP contribution in [0.1, 0.15) is 21.7 Å². The minimum atomic E-state index is 0.442. The number of ether oxygens (including phenoxy) is 2. The average Bonchev–Trinajstić information content (AvgIpc) is 3.56. The summed E-state index contributed by atoms with van der Waals surface area (Å²) in [5.41, 5.74) is 5.40. The first-order valence-electron chi connectivity index (χ1n) is 12.1. The lowest BCUT2D eigenvalue weighted by atomic mass is 9.95. The second kappa shape index (κ2) is 10.1. The molecular weight excluding hydrogens is 506 g/mol. The number of aromatic nitrogens is 4. The zero-order valence-electron chi connectivity index (χ0n) is 20.6. The first-order chi connectivity index (χ1) is 18.1. The fourth-order valence-electron chi connectivity index (χ4n) is 5.02. The van der Waals surface area contributed by atoms with Gasteiger partial charge in [0.05, 0.1) is 31.5 Å². The highest BCUT2D eigenvalue weighted by Crippen LogP contribution is 2.46. The number of thiophene rings is 1. The van der Waals surface area contributed by atoms with Gasteiger partial charge in [-0.05, 0) is 35.2 Å². The zero-order valence-corrected chi connectivity index (χ0v) is 22.2. The molecule has 7 nitrogen and oxygen atoms in total. The summed E-state index contributed by atoms with van der Waals surface area (Å²) in [5.74, 6) is 1.34. The van der Waals surface area contributed by atoms with Crippen molar-refractivity contribution in [1.82, 2.24) is 24.6 Å². The van der Waals surface area contributed by atoms with Gasteiger partial charge in [-0.25, -0.2) is 14.6 Å². The molecule has 0 spiro atoms. The Balaban J connectivity index is 1.48. The lowest BCUT2D eigenvalue weighted by molar-refractivity contribution is 0.249. The SMILES string of the molecule is COc1ccc(-c2c(Cl)c(Cn3cncn3)nc3sc4c(c23)CCN(Cc2ccccc2)C4)cc1OC. The maximum atomic E-state index is 7.14. The molecule has 0 saturated heterocycles. The van der Waals surface area contributed by atoms with E-state index in [-0.39, 0.29) is 0 Å². The molecular formula is C28H26ClN5O2S. The Kier molecular flexibility index (Phi) is 6.54. The van der Waals surface area contributed by atoms with Gasteiger partial charge < -0.3 is 9.47 Å². The van der Waals surface area contributed by atoms with Gasteiger partial charge in [0, 0.05) is 35.5 Å². The van der Waals surface area contributed by atoms with Gasteiger partial charge in [0.15, 0.2) is 11.5 Å². The fourth-order valence-corrected chi connectivity index (χ4v) is 6.61. The van der Waals surface area contributed by atoms with Crippen LogP contribution in [0.5, 0.6) is 11.5 Å². The molecule has 0 aliphatic carbocycles. The van der Waals surface area contributed by atoms with Crippen LogP contribution in [0.15, 0.2) is 61.2 Å². The van der Waals surface area contributed by atoms with E-state index in [0.29, 0.717) is 23.1 Å². The summed E-state index contributed by atoms with van der Waals surface area (Å²) in [6.45, 7) is 3.25. The Morgan fingerprint density at radius 3 is 2.62 bits per heavy atom. The van der Waals surface area contributed by atoms with E-state index in [1.807, 2.05) is 18.2 Å². The van der Waals surface area contributed by atoms with Crippen LogP contribution in [0.2, 0.25) is 5.02 Å². The van der Waals surface area contributed by atoms with Gasteiger partial charge in [0.1, 0.15) is 17.5 Å². The van der Waals surface area contributed by atoms with Crippen LogP contribution in [-0.4, -0.2) is 45.4 Å². The number of rotatable bonds is 7. The molecule has 1 aliphatic rings. The monoisotopic (exact) mass is 531 g/mol. The van der Waals surface area contributed by atoms with Gasteiger partial charge in [-0.3, -0.25) is 4.90 Å². The van der Waals surface area contributed by atoms with E-state index in [0.717, 1.165) is 53.1 Å². The molecule has 0 radical (unpaired) electrons. The molecule has 9 heteroatoms. The van der Waals surface area contributed by atoms with Crippen molar-refractivity contribution in [3.05, 3.63) is 87.9 Å². The average molecular weight is 532 g/mol. The van der Waals surface area contributed by atoms with E-state index in [1.165, 1.54) is 22.3 Å². The van der Waals surface area contributed by atoms with Gasteiger partial charge in [0.25, 0.3) is 0 Å². The number of halogens is 1. The highest BCUT2D eigenvalue weighted by atomic mass is 35.5. The van der Waals surface area contributed by atoms with Crippen LogP contribution >= 0.6 is 22.9 Å². The van der Waals surface area contributed by atoms with E-state index < -0.39 is 0 Å². The number of nitrogens with zero attached hydrogens (tertiary/aromatic N) is 5. The van der Waals surface area contributed by atoms with E-state index in [2.05, 4.69) is 45.3 Å². The van der Waals surface area contributed by atoms with Gasteiger partial charge in [-0.2, -0.15) is 5.10 Å². The van der Waals surface area contributed by atoms with Crippen molar-refractivity contribution in [1.29, 1.82) is 0 Å². The zero-order chi connectivity index (χ0) is 25.4. The summed E-state index contributed by atoms with van der Waals surface area (Å²) < 4.78 is 12.8. The van der Waals surface area contributed by atoms with E-state index >= 15 is 0 Å². The van der Waals surface area contributed by atoms with Crippen LogP contribution in [0.3, 0.4) is 0 Å². The molecule has 0 atom stereocenters. The Labute approximate surface area is 224 Å². The fraction of sp³-hybridized carbons (Fsp3) is 0.250. The lowest BCUT2D eigenvalue weighted by Crippen LogP contribution is -2.29. The second-order valence-corrected chi connectivity index (χ2v) is 10.5. The summed E-state index contributed by atoms with van der Waals surface area (Å²) in [5, 5.41) is 6.03. The normalized spacial score (nSPS) is 13.6. The molecule has 0 fully saturated rings. The first-order valence-corrected chi connectivity index (χ1v) is 13.3. The van der Waals surface area contributed by atoms with Gasteiger partial charge in [-0.1, -0.05) is 48.0 Å². The van der Waals surface area contributed by atoms with Crippen LogP contribution < -0.4 is 9.47 Å². The number of fused-ring (bicyclic) bond motifs is 3. The molecule has 0 unspecified atom stereocenters. The van der Waals surface area contributed by atoms with Crippen LogP contribution in [-0.2, 0) is 26.1 Å². The molecule has 37 heavy (non-hydrogen) atoms. The Hall–Kier alpha value is -3.46. The number of benzene rings is 2. The summed E-state index contributed by atoms with van der Waals surface area (Å²) in [6.07, 6.45) is 4.15. The first kappa shape index (κ1) is 23.9. The molecule has 6 rings (SSSR count). The Morgan fingerprint density at radius 2 is 1.86 bits per heavy atom. The van der Waals surface area contributed by atoms with E-state index in [1.54, 1.807) is 36.6 Å². The largest absolute Gasteiger partial charge is 0.493 e. The van der Waals surface area contributed by atoms with Crippen LogP contribution in [0.4, 0.5) is 0 Å². The van der Waals surface area contributed by atoms with Crippen molar-refractivity contribution in [2.75, 3.05) is 20.8 Å². The lowest BCUT2D eigenvalue weighted by Gasteiger charge is -2.27. The molecule has 0 amide bonds. The van der Waals surface area contributed by atoms with E-state index in [9.17, 15) is 0 Å². The van der Waals surface area contributed by atoms with Gasteiger partial charge in [-0.15, -0.1) is 11.3 Å². The van der Waals surface area contributed by atoms with Gasteiger partial charge in [0.2, 0.25) is 0 Å². The van der Waals surface area contributed by atoms with Crippen LogP contribution in [0, 0.1) is 0 Å². The van der Waals surface area contributed by atoms with Crippen molar-refractivity contribution in [2.45, 2.75) is 26.1 Å². The second-order valence-electron chi connectivity index (χ2n) is 9.04. The Morgan fingerprint density at radius 1 is 1.03 bits per heavy atom. The molecule has 0 bridgehead atoms. The molecule has 188 valence electrons. The molecule has 1 aliphatic heterocycles. The molecule has 5 aromatic rings. The third-order valence-corrected chi connectivity index (χ3v) is 8.29.